The normalized spacial score (nSPS) is 40.7. The average molecular weight is 188 g/mol. The van der Waals surface area contributed by atoms with Crippen LogP contribution in [0.2, 0.25) is 0 Å². The van der Waals surface area contributed by atoms with Gasteiger partial charge in [0.15, 0.2) is 0 Å². The van der Waals surface area contributed by atoms with Gasteiger partial charge in [0.25, 0.3) is 0 Å². The Balaban J connectivity index is 3.12. The van der Waals surface area contributed by atoms with E-state index in [9.17, 15) is 21.6 Å². The molecule has 66 valence electrons. The summed E-state index contributed by atoms with van der Waals surface area (Å²) in [5.41, 5.74) is 0. The number of alkyl halides is 3. The first kappa shape index (κ1) is 8.83. The molecule has 6 heteroatoms. The molecule has 2 unspecified atom stereocenters. The van der Waals surface area contributed by atoms with Gasteiger partial charge in [0.2, 0.25) is 9.84 Å². The number of rotatable bonds is 0. The van der Waals surface area contributed by atoms with E-state index in [4.69, 9.17) is 0 Å². The summed E-state index contributed by atoms with van der Waals surface area (Å²) in [4.78, 5) is 0. The largest absolute Gasteiger partial charge is 0.351 e. The molecule has 1 saturated heterocycles. The van der Waals surface area contributed by atoms with Crippen molar-refractivity contribution >= 4 is 9.84 Å². The maximum Gasteiger partial charge on any atom is 0.351 e. The Morgan fingerprint density at radius 3 is 2.00 bits per heavy atom. The molecule has 2 atom stereocenters. The lowest BCUT2D eigenvalue weighted by Crippen LogP contribution is -2.29. The Labute approximate surface area is 62.3 Å². The first-order chi connectivity index (χ1) is 4.79. The molecule has 0 aromatic heterocycles. The molecular formula is C5H7F3O2S. The molecule has 1 aliphatic heterocycles. The Morgan fingerprint density at radius 2 is 1.91 bits per heavy atom. The van der Waals surface area contributed by atoms with Crippen molar-refractivity contribution in [3.63, 3.8) is 0 Å². The van der Waals surface area contributed by atoms with E-state index in [0.717, 1.165) is 6.92 Å². The fourth-order valence-electron chi connectivity index (χ4n) is 0.959. The van der Waals surface area contributed by atoms with Crippen molar-refractivity contribution in [2.24, 2.45) is 5.92 Å². The fourth-order valence-corrected chi connectivity index (χ4v) is 2.60. The van der Waals surface area contributed by atoms with Crippen LogP contribution >= 0.6 is 0 Å². The van der Waals surface area contributed by atoms with Crippen molar-refractivity contribution in [1.82, 2.24) is 0 Å². The van der Waals surface area contributed by atoms with E-state index in [1.165, 1.54) is 0 Å². The lowest BCUT2D eigenvalue weighted by molar-refractivity contribution is 0.0191. The molecule has 0 aromatic rings. The zero-order chi connectivity index (χ0) is 8.86. The zero-order valence-corrected chi connectivity index (χ0v) is 6.54. The molecule has 0 amide bonds. The van der Waals surface area contributed by atoms with E-state index >= 15 is 0 Å². The predicted octanol–water partition coefficient (Wildman–Crippen LogP) is 0.982. The van der Waals surface area contributed by atoms with Crippen molar-refractivity contribution in [3.05, 3.63) is 0 Å². The molecule has 0 aromatic carbocycles. The van der Waals surface area contributed by atoms with Crippen LogP contribution in [0.25, 0.3) is 0 Å². The quantitative estimate of drug-likeness (QED) is 0.568. The number of halogens is 3. The van der Waals surface area contributed by atoms with Gasteiger partial charge >= 0.3 is 5.25 Å². The van der Waals surface area contributed by atoms with Crippen molar-refractivity contribution < 1.29 is 21.6 Å². The van der Waals surface area contributed by atoms with Gasteiger partial charge in [0, 0.05) is 0 Å². The summed E-state index contributed by atoms with van der Waals surface area (Å²) in [7, 11) is -4.53. The average Bonchev–Trinajstić information content (AvgIpc) is 1.93. The highest BCUT2D eigenvalue weighted by Gasteiger charge is 2.60. The van der Waals surface area contributed by atoms with Gasteiger partial charge in [-0.2, -0.15) is 8.78 Å². The second-order valence-corrected chi connectivity index (χ2v) is 4.76. The van der Waals surface area contributed by atoms with Gasteiger partial charge in [-0.15, -0.1) is 0 Å². The molecule has 2 nitrogen and oxygen atoms in total. The van der Waals surface area contributed by atoms with Crippen LogP contribution in [-0.4, -0.2) is 25.6 Å². The maximum atomic E-state index is 12.5. The van der Waals surface area contributed by atoms with Gasteiger partial charge in [-0.25, -0.2) is 12.8 Å². The van der Waals surface area contributed by atoms with Gasteiger partial charge in [0.05, 0.1) is 11.7 Å². The third-order valence-electron chi connectivity index (χ3n) is 1.87. The van der Waals surface area contributed by atoms with Crippen LogP contribution < -0.4 is 0 Å². The van der Waals surface area contributed by atoms with Crippen LogP contribution in [0.4, 0.5) is 13.2 Å². The van der Waals surface area contributed by atoms with E-state index < -0.39 is 32.9 Å². The second-order valence-electron chi connectivity index (χ2n) is 2.65. The number of hydrogen-bond acceptors (Lipinski definition) is 2. The summed E-state index contributed by atoms with van der Waals surface area (Å²) in [6.07, 6.45) is -1.94. The molecular weight excluding hydrogens is 181 g/mol. The molecule has 1 fully saturated rings. The van der Waals surface area contributed by atoms with Gasteiger partial charge in [-0.05, 0) is 0 Å². The molecule has 1 rings (SSSR count). The minimum absolute atomic E-state index is 0.898. The predicted molar refractivity (Wildman–Crippen MR) is 32.8 cm³/mol. The Bertz CT molecular complexity index is 259. The van der Waals surface area contributed by atoms with E-state index in [0.29, 0.717) is 0 Å². The van der Waals surface area contributed by atoms with Gasteiger partial charge < -0.3 is 0 Å². The molecule has 0 N–H and O–H groups in total. The van der Waals surface area contributed by atoms with Crippen LogP contribution in [0.15, 0.2) is 0 Å². The fraction of sp³-hybridized carbons (Fsp3) is 1.00. The van der Waals surface area contributed by atoms with E-state index in [1.54, 1.807) is 0 Å². The number of sulfone groups is 1. The summed E-state index contributed by atoms with van der Waals surface area (Å²) in [5, 5.41) is -3.88. The van der Waals surface area contributed by atoms with Crippen molar-refractivity contribution in [2.75, 3.05) is 5.75 Å². The lowest BCUT2D eigenvalue weighted by Gasteiger charge is -2.12. The molecule has 0 aliphatic carbocycles. The summed E-state index contributed by atoms with van der Waals surface area (Å²) in [6.45, 7) is 0.898. The maximum absolute atomic E-state index is 12.5. The van der Waals surface area contributed by atoms with Crippen molar-refractivity contribution in [2.45, 2.75) is 18.3 Å². The van der Waals surface area contributed by atoms with Gasteiger partial charge in [0.1, 0.15) is 6.17 Å². The molecule has 11 heavy (non-hydrogen) atoms. The SMILES string of the molecule is CC1C(F)CS(=O)(=O)C1(F)F. The summed E-state index contributed by atoms with van der Waals surface area (Å²) in [5.74, 6) is -2.77. The first-order valence-corrected chi connectivity index (χ1v) is 4.68. The third-order valence-corrected chi connectivity index (χ3v) is 3.82. The van der Waals surface area contributed by atoms with Crippen LogP contribution in [0.5, 0.6) is 0 Å². The molecule has 0 radical (unpaired) electrons. The highest BCUT2D eigenvalue weighted by Crippen LogP contribution is 2.41. The molecule has 0 spiro atoms. The monoisotopic (exact) mass is 188 g/mol. The highest BCUT2D eigenvalue weighted by atomic mass is 32.2. The zero-order valence-electron chi connectivity index (χ0n) is 5.72. The summed E-state index contributed by atoms with van der Waals surface area (Å²) < 4.78 is 58.6. The minimum atomic E-state index is -4.53. The van der Waals surface area contributed by atoms with Crippen molar-refractivity contribution in [1.29, 1.82) is 0 Å². The Kier molecular flexibility index (Phi) is 1.70. The molecule has 1 aliphatic rings. The van der Waals surface area contributed by atoms with Gasteiger partial charge in [-0.1, -0.05) is 6.92 Å². The third kappa shape index (κ3) is 1.04. The second kappa shape index (κ2) is 2.12. The topological polar surface area (TPSA) is 34.1 Å². The summed E-state index contributed by atoms with van der Waals surface area (Å²) in [6, 6.07) is 0. The lowest BCUT2D eigenvalue weighted by atomic mass is 10.1. The molecule has 1 heterocycles. The van der Waals surface area contributed by atoms with Crippen LogP contribution in [0.1, 0.15) is 6.92 Å². The Morgan fingerprint density at radius 1 is 1.45 bits per heavy atom. The van der Waals surface area contributed by atoms with Gasteiger partial charge in [-0.3, -0.25) is 0 Å². The number of hydrogen-bond donors (Lipinski definition) is 0. The Hall–Kier alpha value is -0.260. The van der Waals surface area contributed by atoms with E-state index in [2.05, 4.69) is 0 Å². The van der Waals surface area contributed by atoms with Crippen molar-refractivity contribution in [3.8, 4) is 0 Å². The molecule has 0 saturated carbocycles. The van der Waals surface area contributed by atoms with Crippen LogP contribution in [0, 0.1) is 5.92 Å². The van der Waals surface area contributed by atoms with Crippen LogP contribution in [-0.2, 0) is 9.84 Å². The molecule has 0 bridgehead atoms. The first-order valence-electron chi connectivity index (χ1n) is 3.03. The van der Waals surface area contributed by atoms with Crippen LogP contribution in [0.3, 0.4) is 0 Å². The summed E-state index contributed by atoms with van der Waals surface area (Å²) >= 11 is 0. The standard InChI is InChI=1S/C5H7F3O2S/c1-3-4(6)2-11(9,10)5(3,7)8/h3-4H,2H2,1H3. The minimum Gasteiger partial charge on any atom is -0.246 e. The van der Waals surface area contributed by atoms with E-state index in [-0.39, 0.29) is 0 Å². The highest BCUT2D eigenvalue weighted by molar-refractivity contribution is 7.92. The smallest absolute Gasteiger partial charge is 0.246 e. The van der Waals surface area contributed by atoms with E-state index in [1.807, 2.05) is 0 Å².